The predicted molar refractivity (Wildman–Crippen MR) is 117 cm³/mol. The van der Waals surface area contributed by atoms with Crippen molar-refractivity contribution in [2.75, 3.05) is 19.6 Å². The van der Waals surface area contributed by atoms with E-state index in [2.05, 4.69) is 9.97 Å². The number of alkyl halides is 3. The molecule has 1 saturated carbocycles. The molecule has 3 aromatic heterocycles. The Morgan fingerprint density at radius 2 is 1.91 bits per heavy atom. The van der Waals surface area contributed by atoms with Gasteiger partial charge in [-0.1, -0.05) is 30.9 Å². The Morgan fingerprint density at radius 3 is 2.56 bits per heavy atom. The Kier molecular flexibility index (Phi) is 5.75. The van der Waals surface area contributed by atoms with Gasteiger partial charge in [0, 0.05) is 37.7 Å². The Balaban J connectivity index is 1.46. The highest BCUT2D eigenvalue weighted by molar-refractivity contribution is 6.33. The molecular weight excluding hydrogens is 473 g/mol. The summed E-state index contributed by atoms with van der Waals surface area (Å²) in [5.74, 6) is -0.826. The van der Waals surface area contributed by atoms with Crippen LogP contribution < -0.4 is 0 Å². The highest BCUT2D eigenvalue weighted by Gasteiger charge is 2.38. The van der Waals surface area contributed by atoms with E-state index in [4.69, 9.17) is 11.6 Å². The lowest BCUT2D eigenvalue weighted by Gasteiger charge is -2.40. The molecule has 1 aliphatic carbocycles. The molecule has 34 heavy (non-hydrogen) atoms. The number of aromatic nitrogens is 4. The molecule has 3 aromatic rings. The summed E-state index contributed by atoms with van der Waals surface area (Å²) in [7, 11) is 0. The van der Waals surface area contributed by atoms with Crippen LogP contribution >= 0.6 is 11.6 Å². The SMILES string of the molecule is O=C(c1nc2c(C(F)(F)F)cc(-n3ccnc3)cn2c1Cl)N1CCN(C2CCCCC2)C(=O)C1. The van der Waals surface area contributed by atoms with Crippen LogP contribution in [0.25, 0.3) is 11.3 Å². The van der Waals surface area contributed by atoms with Gasteiger partial charge >= 0.3 is 6.18 Å². The molecule has 8 nitrogen and oxygen atoms in total. The first kappa shape index (κ1) is 22.7. The number of fused-ring (bicyclic) bond motifs is 1. The van der Waals surface area contributed by atoms with E-state index in [-0.39, 0.29) is 41.6 Å². The van der Waals surface area contributed by atoms with Crippen molar-refractivity contribution < 1.29 is 22.8 Å². The van der Waals surface area contributed by atoms with Crippen molar-refractivity contribution in [1.82, 2.24) is 28.7 Å². The summed E-state index contributed by atoms with van der Waals surface area (Å²) < 4.78 is 44.0. The molecular formula is C22H22ClF3N6O2. The van der Waals surface area contributed by atoms with Gasteiger partial charge in [-0.2, -0.15) is 13.2 Å². The zero-order valence-electron chi connectivity index (χ0n) is 18.1. The van der Waals surface area contributed by atoms with Gasteiger partial charge in [-0.25, -0.2) is 9.97 Å². The molecule has 12 heteroatoms. The number of halogens is 4. The Bertz CT molecular complexity index is 1230. The van der Waals surface area contributed by atoms with Gasteiger partial charge in [-0.3, -0.25) is 14.0 Å². The largest absolute Gasteiger partial charge is 0.420 e. The van der Waals surface area contributed by atoms with E-state index in [0.29, 0.717) is 6.54 Å². The van der Waals surface area contributed by atoms with Crippen molar-refractivity contribution in [3.63, 3.8) is 0 Å². The normalized spacial score (nSPS) is 18.2. The van der Waals surface area contributed by atoms with Gasteiger partial charge in [-0.05, 0) is 18.9 Å². The average Bonchev–Trinajstić information content (AvgIpc) is 3.46. The second kappa shape index (κ2) is 8.61. The molecule has 1 saturated heterocycles. The number of hydrogen-bond donors (Lipinski definition) is 0. The summed E-state index contributed by atoms with van der Waals surface area (Å²) in [5.41, 5.74) is -1.66. The van der Waals surface area contributed by atoms with E-state index in [1.807, 2.05) is 4.90 Å². The quantitative estimate of drug-likeness (QED) is 0.555. The molecule has 0 atom stereocenters. The number of rotatable bonds is 3. The van der Waals surface area contributed by atoms with Crippen LogP contribution in [0.4, 0.5) is 13.2 Å². The standard InChI is InChI=1S/C22H22ClF3N6O2/c23-19-18(21(34)29-8-9-31(17(33)12-29)14-4-2-1-3-5-14)28-20-16(22(24,25)26)10-15(11-32(19)20)30-7-6-27-13-30/h6-7,10-11,13-14H,1-5,8-9,12H2. The van der Waals surface area contributed by atoms with Gasteiger partial charge in [0.15, 0.2) is 11.3 Å². The number of nitrogens with zero attached hydrogens (tertiary/aromatic N) is 6. The van der Waals surface area contributed by atoms with Gasteiger partial charge in [0.05, 0.1) is 12.0 Å². The number of carbonyl (C=O) groups is 2. The van der Waals surface area contributed by atoms with Crippen LogP contribution in [0.5, 0.6) is 0 Å². The maximum absolute atomic E-state index is 13.8. The molecule has 180 valence electrons. The van der Waals surface area contributed by atoms with Crippen molar-refractivity contribution in [2.45, 2.75) is 44.3 Å². The lowest BCUT2D eigenvalue weighted by molar-refractivity contribution is -0.138. The predicted octanol–water partition coefficient (Wildman–Crippen LogP) is 3.81. The lowest BCUT2D eigenvalue weighted by atomic mass is 9.93. The van der Waals surface area contributed by atoms with Crippen LogP contribution in [0.2, 0.25) is 5.15 Å². The van der Waals surface area contributed by atoms with E-state index >= 15 is 0 Å². The topological polar surface area (TPSA) is 75.7 Å². The Hall–Kier alpha value is -3.08. The molecule has 0 radical (unpaired) electrons. The molecule has 0 spiro atoms. The lowest BCUT2D eigenvalue weighted by Crippen LogP contribution is -2.55. The highest BCUT2D eigenvalue weighted by Crippen LogP contribution is 2.36. The molecule has 0 bridgehead atoms. The van der Waals surface area contributed by atoms with E-state index in [0.717, 1.165) is 42.6 Å². The van der Waals surface area contributed by atoms with E-state index in [1.165, 1.54) is 34.4 Å². The third kappa shape index (κ3) is 4.02. The first-order valence-corrected chi connectivity index (χ1v) is 11.5. The van der Waals surface area contributed by atoms with Crippen molar-refractivity contribution in [1.29, 1.82) is 0 Å². The second-order valence-electron chi connectivity index (χ2n) is 8.63. The smallest absolute Gasteiger partial charge is 0.336 e. The van der Waals surface area contributed by atoms with Crippen LogP contribution in [-0.2, 0) is 11.0 Å². The maximum atomic E-state index is 13.8. The molecule has 4 heterocycles. The molecule has 0 N–H and O–H groups in total. The summed E-state index contributed by atoms with van der Waals surface area (Å²) in [5, 5.41) is -0.241. The van der Waals surface area contributed by atoms with Gasteiger partial charge in [-0.15, -0.1) is 0 Å². The van der Waals surface area contributed by atoms with E-state index in [1.54, 1.807) is 0 Å². The fourth-order valence-electron chi connectivity index (χ4n) is 4.79. The fraction of sp³-hybridized carbons (Fsp3) is 0.455. The van der Waals surface area contributed by atoms with E-state index < -0.39 is 23.3 Å². The van der Waals surface area contributed by atoms with Crippen LogP contribution in [0, 0.1) is 0 Å². The van der Waals surface area contributed by atoms with Crippen LogP contribution in [0.15, 0.2) is 31.0 Å². The van der Waals surface area contributed by atoms with Crippen molar-refractivity contribution in [3.05, 3.63) is 47.4 Å². The van der Waals surface area contributed by atoms with E-state index in [9.17, 15) is 22.8 Å². The van der Waals surface area contributed by atoms with Gasteiger partial charge < -0.3 is 14.4 Å². The summed E-state index contributed by atoms with van der Waals surface area (Å²) in [6.07, 6.45) is 6.16. The minimum Gasteiger partial charge on any atom is -0.336 e. The number of imidazole rings is 2. The first-order chi connectivity index (χ1) is 16.2. The number of carbonyl (C=O) groups excluding carboxylic acids is 2. The molecule has 2 fully saturated rings. The first-order valence-electron chi connectivity index (χ1n) is 11.1. The van der Waals surface area contributed by atoms with Crippen LogP contribution in [0.1, 0.15) is 48.2 Å². The zero-order chi connectivity index (χ0) is 24.0. The minimum atomic E-state index is -4.73. The summed E-state index contributed by atoms with van der Waals surface area (Å²) in [6.45, 7) is 0.516. The number of amides is 2. The average molecular weight is 495 g/mol. The Labute approximate surface area is 197 Å². The highest BCUT2D eigenvalue weighted by atomic mass is 35.5. The minimum absolute atomic E-state index is 0.147. The van der Waals surface area contributed by atoms with Gasteiger partial charge in [0.1, 0.15) is 17.3 Å². The number of hydrogen-bond acceptors (Lipinski definition) is 4. The molecule has 0 unspecified atom stereocenters. The maximum Gasteiger partial charge on any atom is 0.420 e. The summed E-state index contributed by atoms with van der Waals surface area (Å²) in [4.78, 5) is 36.9. The van der Waals surface area contributed by atoms with Crippen molar-refractivity contribution in [3.8, 4) is 5.69 Å². The molecule has 2 aliphatic rings. The Morgan fingerprint density at radius 1 is 1.15 bits per heavy atom. The van der Waals surface area contributed by atoms with Gasteiger partial charge in [0.25, 0.3) is 5.91 Å². The summed E-state index contributed by atoms with van der Waals surface area (Å²) in [6, 6.07) is 1.12. The third-order valence-corrected chi connectivity index (χ3v) is 6.88. The zero-order valence-corrected chi connectivity index (χ0v) is 18.9. The number of pyridine rings is 1. The van der Waals surface area contributed by atoms with Crippen molar-refractivity contribution in [2.24, 2.45) is 0 Å². The van der Waals surface area contributed by atoms with Crippen LogP contribution in [0.3, 0.4) is 0 Å². The fourth-order valence-corrected chi connectivity index (χ4v) is 5.04. The molecule has 5 rings (SSSR count). The van der Waals surface area contributed by atoms with Crippen LogP contribution in [-0.4, -0.2) is 66.2 Å². The van der Waals surface area contributed by atoms with Crippen molar-refractivity contribution >= 4 is 29.1 Å². The molecule has 2 amide bonds. The second-order valence-corrected chi connectivity index (χ2v) is 8.99. The summed E-state index contributed by atoms with van der Waals surface area (Å²) >= 11 is 6.38. The number of piperazine rings is 1. The third-order valence-electron chi connectivity index (χ3n) is 6.52. The van der Waals surface area contributed by atoms with Gasteiger partial charge in [0.2, 0.25) is 5.91 Å². The molecule has 0 aromatic carbocycles. The molecule has 1 aliphatic heterocycles. The monoisotopic (exact) mass is 494 g/mol.